The summed E-state index contributed by atoms with van der Waals surface area (Å²) in [7, 11) is 0. The molecule has 29 heavy (non-hydrogen) atoms. The van der Waals surface area contributed by atoms with E-state index < -0.39 is 0 Å². The van der Waals surface area contributed by atoms with E-state index >= 15 is 0 Å². The summed E-state index contributed by atoms with van der Waals surface area (Å²) >= 11 is 0. The molecule has 3 aromatic heterocycles. The van der Waals surface area contributed by atoms with Crippen molar-refractivity contribution < 1.29 is 4.39 Å². The molecule has 0 amide bonds. The highest BCUT2D eigenvalue weighted by Gasteiger charge is 2.25. The van der Waals surface area contributed by atoms with Crippen LogP contribution in [-0.4, -0.2) is 57.8 Å². The molecule has 4 heterocycles. The fraction of sp³-hybridized carbons (Fsp3) is 0.400. The third-order valence-electron chi connectivity index (χ3n) is 4.90. The summed E-state index contributed by atoms with van der Waals surface area (Å²) in [6, 6.07) is 9.08. The number of nitrogens with zero attached hydrogens (tertiary/aromatic N) is 6. The quantitative estimate of drug-likeness (QED) is 0.487. The zero-order valence-electron chi connectivity index (χ0n) is 16.4. The number of rotatable bonds is 6. The zero-order valence-corrected chi connectivity index (χ0v) is 16.4. The lowest BCUT2D eigenvalue weighted by atomic mass is 10.3. The summed E-state index contributed by atoms with van der Waals surface area (Å²) in [6.07, 6.45) is 5.17. The van der Waals surface area contributed by atoms with Gasteiger partial charge in [0, 0.05) is 51.0 Å². The maximum atomic E-state index is 14.0. The summed E-state index contributed by atoms with van der Waals surface area (Å²) in [5.74, 6) is 1.78. The minimum Gasteiger partial charge on any atom is -0.357 e. The molecule has 0 saturated carbocycles. The monoisotopic (exact) mass is 396 g/mol. The summed E-state index contributed by atoms with van der Waals surface area (Å²) in [5.41, 5.74) is 0.837. The van der Waals surface area contributed by atoms with Gasteiger partial charge in [-0.25, -0.2) is 9.37 Å². The number of aromatic nitrogens is 4. The largest absolute Gasteiger partial charge is 0.357 e. The van der Waals surface area contributed by atoms with Crippen molar-refractivity contribution in [1.82, 2.24) is 30.2 Å². The van der Waals surface area contributed by atoms with Gasteiger partial charge in [0.1, 0.15) is 5.82 Å². The highest BCUT2D eigenvalue weighted by molar-refractivity contribution is 5.80. The Kier molecular flexibility index (Phi) is 5.83. The normalized spacial score (nSPS) is 17.1. The Balaban J connectivity index is 1.36. The maximum absolute atomic E-state index is 14.0. The molecule has 9 heteroatoms. The number of guanidine groups is 1. The number of hydrogen-bond acceptors (Lipinski definition) is 5. The Labute approximate surface area is 168 Å². The zero-order chi connectivity index (χ0) is 20.1. The predicted octanol–water partition coefficient (Wildman–Crippen LogP) is 1.64. The molecule has 1 unspecified atom stereocenters. The van der Waals surface area contributed by atoms with Crippen molar-refractivity contribution in [2.24, 2.45) is 4.99 Å². The van der Waals surface area contributed by atoms with Gasteiger partial charge >= 0.3 is 0 Å². The van der Waals surface area contributed by atoms with Gasteiger partial charge in [-0.3, -0.25) is 9.39 Å². The second-order valence-corrected chi connectivity index (χ2v) is 6.94. The van der Waals surface area contributed by atoms with E-state index in [1.54, 1.807) is 12.3 Å². The first-order chi connectivity index (χ1) is 14.2. The molecule has 0 radical (unpaired) electrons. The van der Waals surface area contributed by atoms with E-state index in [0.29, 0.717) is 25.3 Å². The van der Waals surface area contributed by atoms with Gasteiger partial charge in [0.25, 0.3) is 0 Å². The average Bonchev–Trinajstić information content (AvgIpc) is 3.36. The van der Waals surface area contributed by atoms with Gasteiger partial charge in [-0.05, 0) is 37.6 Å². The van der Waals surface area contributed by atoms with E-state index in [9.17, 15) is 4.39 Å². The van der Waals surface area contributed by atoms with Gasteiger partial charge in [-0.1, -0.05) is 6.07 Å². The van der Waals surface area contributed by atoms with Crippen LogP contribution in [0, 0.1) is 5.82 Å². The van der Waals surface area contributed by atoms with Gasteiger partial charge in [-0.15, -0.1) is 10.2 Å². The van der Waals surface area contributed by atoms with E-state index in [2.05, 4.69) is 30.8 Å². The lowest BCUT2D eigenvalue weighted by molar-refractivity contribution is 0.612. The van der Waals surface area contributed by atoms with Gasteiger partial charge in [0.05, 0.1) is 0 Å². The highest BCUT2D eigenvalue weighted by Crippen LogP contribution is 2.20. The second kappa shape index (κ2) is 8.85. The third kappa shape index (κ3) is 4.44. The molecule has 4 rings (SSSR count). The van der Waals surface area contributed by atoms with Crippen molar-refractivity contribution in [2.45, 2.75) is 25.8 Å². The molecular formula is C20H25FN8. The lowest BCUT2D eigenvalue weighted by Gasteiger charge is -2.19. The Hall–Kier alpha value is -3.23. The number of pyridine rings is 2. The van der Waals surface area contributed by atoms with E-state index in [0.717, 1.165) is 36.9 Å². The molecule has 1 atom stereocenters. The van der Waals surface area contributed by atoms with E-state index in [4.69, 9.17) is 0 Å². The first-order valence-electron chi connectivity index (χ1n) is 9.93. The highest BCUT2D eigenvalue weighted by atomic mass is 19.1. The fourth-order valence-electron chi connectivity index (χ4n) is 3.52. The van der Waals surface area contributed by atoms with E-state index in [-0.39, 0.29) is 11.9 Å². The van der Waals surface area contributed by atoms with Gasteiger partial charge in [0.15, 0.2) is 23.2 Å². The number of nitrogens with one attached hydrogen (secondary N) is 2. The minimum atomic E-state index is -0.283. The first-order valence-corrected chi connectivity index (χ1v) is 9.93. The number of fused-ring (bicyclic) bond motifs is 1. The van der Waals surface area contributed by atoms with Crippen LogP contribution in [0.4, 0.5) is 10.2 Å². The molecule has 2 N–H and O–H groups in total. The van der Waals surface area contributed by atoms with E-state index in [1.165, 1.54) is 6.07 Å². The van der Waals surface area contributed by atoms with Crippen LogP contribution in [0.15, 0.2) is 47.7 Å². The maximum Gasteiger partial charge on any atom is 0.191 e. The predicted molar refractivity (Wildman–Crippen MR) is 111 cm³/mol. The van der Waals surface area contributed by atoms with Crippen LogP contribution in [0.2, 0.25) is 0 Å². The molecule has 0 bridgehead atoms. The fourth-order valence-corrected chi connectivity index (χ4v) is 3.52. The van der Waals surface area contributed by atoms with E-state index in [1.807, 2.05) is 40.6 Å². The van der Waals surface area contributed by atoms with Crippen molar-refractivity contribution in [3.63, 3.8) is 0 Å². The molecular weight excluding hydrogens is 371 g/mol. The molecule has 3 aromatic rings. The number of aliphatic imine (C=N–C) groups is 1. The summed E-state index contributed by atoms with van der Waals surface area (Å²) < 4.78 is 16.0. The molecule has 0 aliphatic carbocycles. The Morgan fingerprint density at radius 3 is 3.07 bits per heavy atom. The number of halogens is 1. The van der Waals surface area contributed by atoms with Gasteiger partial charge in [-0.2, -0.15) is 0 Å². The molecule has 1 fully saturated rings. The van der Waals surface area contributed by atoms with Crippen molar-refractivity contribution >= 4 is 17.4 Å². The van der Waals surface area contributed by atoms with Crippen LogP contribution < -0.4 is 15.5 Å². The van der Waals surface area contributed by atoms with Crippen LogP contribution in [0.25, 0.3) is 5.65 Å². The van der Waals surface area contributed by atoms with Crippen molar-refractivity contribution in [3.8, 4) is 0 Å². The van der Waals surface area contributed by atoms with Crippen LogP contribution >= 0.6 is 0 Å². The summed E-state index contributed by atoms with van der Waals surface area (Å²) in [5, 5.41) is 15.2. The third-order valence-corrected chi connectivity index (χ3v) is 4.90. The van der Waals surface area contributed by atoms with Crippen LogP contribution in [0.1, 0.15) is 19.2 Å². The minimum absolute atomic E-state index is 0.183. The molecule has 152 valence electrons. The number of hydrogen-bond donors (Lipinski definition) is 2. The molecule has 1 aliphatic rings. The first kappa shape index (κ1) is 19.1. The Morgan fingerprint density at radius 1 is 1.28 bits per heavy atom. The molecule has 0 aromatic carbocycles. The van der Waals surface area contributed by atoms with Crippen molar-refractivity contribution in [2.75, 3.05) is 31.1 Å². The second-order valence-electron chi connectivity index (χ2n) is 6.94. The Bertz CT molecular complexity index is 985. The SMILES string of the molecule is CCNC(=NCCc1nnc2ccccn12)NC1CCN(c2ncccc2F)C1. The lowest BCUT2D eigenvalue weighted by Crippen LogP contribution is -2.44. The van der Waals surface area contributed by atoms with Crippen LogP contribution in [-0.2, 0) is 6.42 Å². The summed E-state index contributed by atoms with van der Waals surface area (Å²) in [4.78, 5) is 10.8. The average molecular weight is 396 g/mol. The molecule has 8 nitrogen and oxygen atoms in total. The Morgan fingerprint density at radius 2 is 2.21 bits per heavy atom. The van der Waals surface area contributed by atoms with Crippen molar-refractivity contribution in [3.05, 3.63) is 54.4 Å². The number of anilines is 1. The summed E-state index contributed by atoms with van der Waals surface area (Å²) in [6.45, 7) is 4.85. The smallest absolute Gasteiger partial charge is 0.191 e. The topological polar surface area (TPSA) is 82.7 Å². The molecule has 1 aliphatic heterocycles. The van der Waals surface area contributed by atoms with Gasteiger partial charge in [0.2, 0.25) is 0 Å². The van der Waals surface area contributed by atoms with Gasteiger partial charge < -0.3 is 15.5 Å². The van der Waals surface area contributed by atoms with Crippen LogP contribution in [0.3, 0.4) is 0 Å². The standard InChI is InChI=1S/C20H25FN8/c1-2-22-20(24-11-8-18-27-26-17-7-3-4-12-29(17)18)25-15-9-13-28(14-15)19-16(21)6-5-10-23-19/h3-7,10,12,15H,2,8-9,11,13-14H2,1H3,(H2,22,24,25). The molecule has 0 spiro atoms. The van der Waals surface area contributed by atoms with Crippen LogP contribution in [0.5, 0.6) is 0 Å². The van der Waals surface area contributed by atoms with Crippen molar-refractivity contribution in [1.29, 1.82) is 0 Å². The molecule has 1 saturated heterocycles.